The second kappa shape index (κ2) is 15.0. The highest BCUT2D eigenvalue weighted by atomic mass is 79.9. The first-order valence-electron chi connectivity index (χ1n) is 8.40. The molecule has 2 aromatic carbocycles. The van der Waals surface area contributed by atoms with E-state index in [1.54, 1.807) is 14.2 Å². The SMILES string of the molecule is COCCCOc1ccc(Br)cc1.COCCCOc1ccc(Br)cc1. The summed E-state index contributed by atoms with van der Waals surface area (Å²) in [6.07, 6.45) is 1.85. The predicted molar refractivity (Wildman–Crippen MR) is 112 cm³/mol. The molecule has 0 aliphatic heterocycles. The number of methoxy groups -OCH3 is 2. The van der Waals surface area contributed by atoms with Crippen molar-refractivity contribution in [3.05, 3.63) is 57.5 Å². The number of halogens is 2. The van der Waals surface area contributed by atoms with E-state index in [-0.39, 0.29) is 0 Å². The Morgan fingerprint density at radius 3 is 1.23 bits per heavy atom. The predicted octanol–water partition coefficient (Wildman–Crippen LogP) is 5.73. The minimum absolute atomic E-state index is 0.704. The van der Waals surface area contributed by atoms with E-state index in [0.717, 1.165) is 46.5 Å². The number of benzene rings is 2. The molecule has 0 unspecified atom stereocenters. The van der Waals surface area contributed by atoms with E-state index in [4.69, 9.17) is 18.9 Å². The third kappa shape index (κ3) is 11.5. The van der Waals surface area contributed by atoms with Gasteiger partial charge in [0.1, 0.15) is 11.5 Å². The Morgan fingerprint density at radius 2 is 0.923 bits per heavy atom. The van der Waals surface area contributed by atoms with E-state index < -0.39 is 0 Å². The van der Waals surface area contributed by atoms with Gasteiger partial charge in [-0.25, -0.2) is 0 Å². The molecule has 0 saturated carbocycles. The lowest BCUT2D eigenvalue weighted by molar-refractivity contribution is 0.172. The molecule has 2 aromatic rings. The van der Waals surface area contributed by atoms with Crippen LogP contribution in [0.2, 0.25) is 0 Å². The quantitative estimate of drug-likeness (QED) is 0.399. The number of hydrogen-bond donors (Lipinski definition) is 0. The summed E-state index contributed by atoms with van der Waals surface area (Å²) in [5.41, 5.74) is 0. The smallest absolute Gasteiger partial charge is 0.119 e. The first kappa shape index (κ1) is 23.0. The van der Waals surface area contributed by atoms with Gasteiger partial charge >= 0.3 is 0 Å². The van der Waals surface area contributed by atoms with Crippen LogP contribution in [0, 0.1) is 0 Å². The zero-order valence-corrected chi connectivity index (χ0v) is 18.4. The van der Waals surface area contributed by atoms with Gasteiger partial charge in [-0.3, -0.25) is 0 Å². The first-order chi connectivity index (χ1) is 12.7. The number of hydrogen-bond acceptors (Lipinski definition) is 4. The molecule has 0 aliphatic carbocycles. The van der Waals surface area contributed by atoms with Crippen LogP contribution in [0.15, 0.2) is 57.5 Å². The average molecular weight is 490 g/mol. The Labute approximate surface area is 173 Å². The van der Waals surface area contributed by atoms with Gasteiger partial charge < -0.3 is 18.9 Å². The van der Waals surface area contributed by atoms with Crippen molar-refractivity contribution < 1.29 is 18.9 Å². The van der Waals surface area contributed by atoms with Crippen LogP contribution < -0.4 is 9.47 Å². The molecular formula is C20H26Br2O4. The maximum atomic E-state index is 5.46. The standard InChI is InChI=1S/2C10H13BrO2/c2*1-12-7-2-8-13-10-5-3-9(11)4-6-10/h2*3-6H,2,7-8H2,1H3. The van der Waals surface area contributed by atoms with Crippen LogP contribution in [0.5, 0.6) is 11.5 Å². The molecule has 0 bridgehead atoms. The van der Waals surface area contributed by atoms with Gasteiger partial charge in [0.25, 0.3) is 0 Å². The summed E-state index contributed by atoms with van der Waals surface area (Å²) < 4.78 is 22.9. The van der Waals surface area contributed by atoms with E-state index in [9.17, 15) is 0 Å². The van der Waals surface area contributed by atoms with Crippen LogP contribution in [-0.2, 0) is 9.47 Å². The van der Waals surface area contributed by atoms with Gasteiger partial charge in [-0.05, 0) is 48.5 Å². The molecule has 0 fully saturated rings. The minimum atomic E-state index is 0.704. The maximum absolute atomic E-state index is 5.46. The van der Waals surface area contributed by atoms with Gasteiger partial charge in [0, 0.05) is 49.2 Å². The molecule has 0 atom stereocenters. The molecular weight excluding hydrogens is 464 g/mol. The molecule has 0 aromatic heterocycles. The number of ether oxygens (including phenoxy) is 4. The summed E-state index contributed by atoms with van der Waals surface area (Å²) in [7, 11) is 3.39. The zero-order chi connectivity index (χ0) is 19.0. The molecule has 0 radical (unpaired) electrons. The number of rotatable bonds is 10. The fraction of sp³-hybridized carbons (Fsp3) is 0.400. The van der Waals surface area contributed by atoms with Gasteiger partial charge in [-0.2, -0.15) is 0 Å². The first-order valence-corrected chi connectivity index (χ1v) is 9.99. The summed E-state index contributed by atoms with van der Waals surface area (Å²) in [6, 6.07) is 15.6. The normalized spacial score (nSPS) is 10.0. The molecule has 0 spiro atoms. The van der Waals surface area contributed by atoms with E-state index in [1.807, 2.05) is 48.5 Å². The average Bonchev–Trinajstić information content (AvgIpc) is 2.66. The fourth-order valence-electron chi connectivity index (χ4n) is 1.85. The Hall–Kier alpha value is -1.08. The molecule has 2 rings (SSSR count). The van der Waals surface area contributed by atoms with Crippen molar-refractivity contribution in [1.29, 1.82) is 0 Å². The van der Waals surface area contributed by atoms with Crippen molar-refractivity contribution in [3.8, 4) is 11.5 Å². The van der Waals surface area contributed by atoms with Crippen molar-refractivity contribution in [1.82, 2.24) is 0 Å². The molecule has 4 nitrogen and oxygen atoms in total. The van der Waals surface area contributed by atoms with Gasteiger partial charge in [-0.15, -0.1) is 0 Å². The zero-order valence-electron chi connectivity index (χ0n) is 15.3. The van der Waals surface area contributed by atoms with E-state index in [2.05, 4.69) is 31.9 Å². The molecule has 26 heavy (non-hydrogen) atoms. The highest BCUT2D eigenvalue weighted by Crippen LogP contribution is 2.16. The van der Waals surface area contributed by atoms with Crippen LogP contribution in [0.25, 0.3) is 0 Å². The van der Waals surface area contributed by atoms with Crippen molar-refractivity contribution in [2.45, 2.75) is 12.8 Å². The van der Waals surface area contributed by atoms with Gasteiger partial charge in [0.15, 0.2) is 0 Å². The van der Waals surface area contributed by atoms with Crippen LogP contribution in [0.3, 0.4) is 0 Å². The second-order valence-electron chi connectivity index (χ2n) is 5.30. The Balaban J connectivity index is 0.000000260. The lowest BCUT2D eigenvalue weighted by atomic mass is 10.3. The van der Waals surface area contributed by atoms with Crippen LogP contribution in [-0.4, -0.2) is 40.6 Å². The second-order valence-corrected chi connectivity index (χ2v) is 7.13. The van der Waals surface area contributed by atoms with Crippen LogP contribution in [0.1, 0.15) is 12.8 Å². The minimum Gasteiger partial charge on any atom is -0.494 e. The highest BCUT2D eigenvalue weighted by Gasteiger charge is 1.93. The summed E-state index contributed by atoms with van der Waals surface area (Å²) in [5.74, 6) is 1.80. The van der Waals surface area contributed by atoms with Gasteiger partial charge in [0.05, 0.1) is 13.2 Å². The van der Waals surface area contributed by atoms with Crippen LogP contribution >= 0.6 is 31.9 Å². The van der Waals surface area contributed by atoms with Crippen molar-refractivity contribution in [3.63, 3.8) is 0 Å². The lowest BCUT2D eigenvalue weighted by Gasteiger charge is -2.04. The topological polar surface area (TPSA) is 36.9 Å². The molecule has 0 amide bonds. The monoisotopic (exact) mass is 488 g/mol. The third-order valence-electron chi connectivity index (χ3n) is 3.15. The van der Waals surface area contributed by atoms with E-state index >= 15 is 0 Å². The summed E-state index contributed by atoms with van der Waals surface area (Å²) in [5, 5.41) is 0. The lowest BCUT2D eigenvalue weighted by Crippen LogP contribution is -2.00. The molecule has 144 valence electrons. The van der Waals surface area contributed by atoms with Gasteiger partial charge in [0.2, 0.25) is 0 Å². The summed E-state index contributed by atoms with van der Waals surface area (Å²) in [6.45, 7) is 2.90. The maximum Gasteiger partial charge on any atom is 0.119 e. The fourth-order valence-corrected chi connectivity index (χ4v) is 2.38. The third-order valence-corrected chi connectivity index (χ3v) is 4.21. The van der Waals surface area contributed by atoms with Crippen molar-refractivity contribution in [2.75, 3.05) is 40.6 Å². The van der Waals surface area contributed by atoms with Crippen molar-refractivity contribution >= 4 is 31.9 Å². The largest absolute Gasteiger partial charge is 0.494 e. The Bertz CT molecular complexity index is 520. The molecule has 0 saturated heterocycles. The molecule has 6 heteroatoms. The Morgan fingerprint density at radius 1 is 0.577 bits per heavy atom. The Kier molecular flexibility index (Phi) is 13.3. The summed E-state index contributed by atoms with van der Waals surface area (Å²) >= 11 is 6.73. The van der Waals surface area contributed by atoms with Gasteiger partial charge in [-0.1, -0.05) is 31.9 Å². The van der Waals surface area contributed by atoms with E-state index in [1.165, 1.54) is 0 Å². The van der Waals surface area contributed by atoms with Crippen molar-refractivity contribution in [2.24, 2.45) is 0 Å². The summed E-state index contributed by atoms with van der Waals surface area (Å²) in [4.78, 5) is 0. The van der Waals surface area contributed by atoms with E-state index in [0.29, 0.717) is 13.2 Å². The molecule has 0 aliphatic rings. The highest BCUT2D eigenvalue weighted by molar-refractivity contribution is 9.10. The molecule has 0 N–H and O–H groups in total. The molecule has 0 heterocycles. The van der Waals surface area contributed by atoms with Crippen LogP contribution in [0.4, 0.5) is 0 Å².